The summed E-state index contributed by atoms with van der Waals surface area (Å²) in [7, 11) is 1.61. The van der Waals surface area contributed by atoms with E-state index in [1.165, 1.54) is 23.1 Å². The highest BCUT2D eigenvalue weighted by Crippen LogP contribution is 2.30. The molecule has 18 heavy (non-hydrogen) atoms. The first-order valence-corrected chi connectivity index (χ1v) is 6.82. The van der Waals surface area contributed by atoms with Crippen molar-refractivity contribution in [3.63, 3.8) is 0 Å². The largest absolute Gasteiger partial charge is 0.496 e. The van der Waals surface area contributed by atoms with Gasteiger partial charge in [-0.15, -0.1) is 10.2 Å². The number of rotatable bonds is 4. The van der Waals surface area contributed by atoms with Gasteiger partial charge >= 0.3 is 0 Å². The normalized spacial score (nSPS) is 10.0. The maximum absolute atomic E-state index is 8.88. The molecule has 0 fully saturated rings. The smallest absolute Gasteiger partial charge is 0.203 e. The molecule has 0 aliphatic heterocycles. The van der Waals surface area contributed by atoms with Crippen molar-refractivity contribution in [1.82, 2.24) is 10.2 Å². The molecule has 0 saturated heterocycles. The van der Waals surface area contributed by atoms with Gasteiger partial charge in [0, 0.05) is 11.3 Å². The number of nitrogens with two attached hydrogens (primary N) is 1. The molecule has 5 nitrogen and oxygen atoms in total. The molecule has 0 aliphatic rings. The molecule has 1 aromatic heterocycles. The molecular weight excluding hydrogens is 268 g/mol. The molecule has 0 spiro atoms. The van der Waals surface area contributed by atoms with E-state index in [9.17, 15) is 0 Å². The fraction of sp³-hybridized carbons (Fsp3) is 0.182. The summed E-state index contributed by atoms with van der Waals surface area (Å²) in [6.07, 6.45) is 0. The van der Waals surface area contributed by atoms with Crippen LogP contribution in [0, 0.1) is 11.3 Å². The Kier molecular flexibility index (Phi) is 4.02. The number of aromatic nitrogens is 2. The molecule has 0 aliphatic carbocycles. The molecule has 0 radical (unpaired) electrons. The Bertz CT molecular complexity index is 591. The molecule has 2 aromatic rings. The minimum absolute atomic E-state index is 0.454. The van der Waals surface area contributed by atoms with Gasteiger partial charge in [-0.1, -0.05) is 23.1 Å². The van der Waals surface area contributed by atoms with Gasteiger partial charge in [0.05, 0.1) is 18.7 Å². The summed E-state index contributed by atoms with van der Waals surface area (Å²) in [5.41, 5.74) is 7.08. The van der Waals surface area contributed by atoms with Gasteiger partial charge in [0.1, 0.15) is 5.75 Å². The molecule has 0 saturated carbocycles. The standard InChI is InChI=1S/C11H10N4OS2/c1-16-9-3-2-7(5-12)4-8(9)6-17-11-15-14-10(13)18-11/h2-4H,6H2,1H3,(H2,13,14). The number of nitrogens with zero attached hydrogens (tertiary/aromatic N) is 3. The average Bonchev–Trinajstić information content (AvgIpc) is 2.81. The van der Waals surface area contributed by atoms with Gasteiger partial charge in [0.2, 0.25) is 5.13 Å². The van der Waals surface area contributed by atoms with E-state index in [-0.39, 0.29) is 0 Å². The number of hydrogen-bond donors (Lipinski definition) is 1. The Labute approximate surface area is 113 Å². The van der Waals surface area contributed by atoms with Crippen molar-refractivity contribution in [3.8, 4) is 11.8 Å². The van der Waals surface area contributed by atoms with Crippen molar-refractivity contribution in [2.45, 2.75) is 10.1 Å². The fourth-order valence-corrected chi connectivity index (χ4v) is 2.99. The minimum atomic E-state index is 0.454. The lowest BCUT2D eigenvalue weighted by molar-refractivity contribution is 0.411. The van der Waals surface area contributed by atoms with Gasteiger partial charge in [-0.05, 0) is 18.2 Å². The van der Waals surface area contributed by atoms with E-state index in [1.54, 1.807) is 19.2 Å². The topological polar surface area (TPSA) is 84.8 Å². The first-order chi connectivity index (χ1) is 8.72. The van der Waals surface area contributed by atoms with Crippen LogP contribution in [0.1, 0.15) is 11.1 Å². The van der Waals surface area contributed by atoms with E-state index in [2.05, 4.69) is 16.3 Å². The highest BCUT2D eigenvalue weighted by molar-refractivity contribution is 8.00. The number of thioether (sulfide) groups is 1. The molecule has 0 atom stereocenters. The van der Waals surface area contributed by atoms with Crippen LogP contribution in [0.5, 0.6) is 5.75 Å². The molecule has 1 heterocycles. The number of ether oxygens (including phenoxy) is 1. The third-order valence-corrected chi connectivity index (χ3v) is 4.12. The second-order valence-corrected chi connectivity index (χ2v) is 5.56. The van der Waals surface area contributed by atoms with Crippen LogP contribution >= 0.6 is 23.1 Å². The number of benzene rings is 1. The zero-order valence-electron chi connectivity index (χ0n) is 9.58. The van der Waals surface area contributed by atoms with Gasteiger partial charge < -0.3 is 10.5 Å². The van der Waals surface area contributed by atoms with E-state index in [4.69, 9.17) is 15.7 Å². The number of nitrogen functional groups attached to an aromatic ring is 1. The number of hydrogen-bond acceptors (Lipinski definition) is 7. The first-order valence-electron chi connectivity index (χ1n) is 5.01. The van der Waals surface area contributed by atoms with Crippen LogP contribution < -0.4 is 10.5 Å². The summed E-state index contributed by atoms with van der Waals surface area (Å²) in [4.78, 5) is 0. The summed E-state index contributed by atoms with van der Waals surface area (Å²) in [5.74, 6) is 1.42. The summed E-state index contributed by atoms with van der Waals surface area (Å²) >= 11 is 2.86. The third kappa shape index (κ3) is 2.91. The minimum Gasteiger partial charge on any atom is -0.496 e. The summed E-state index contributed by atoms with van der Waals surface area (Å²) in [5, 5.41) is 17.0. The predicted molar refractivity (Wildman–Crippen MR) is 71.6 cm³/mol. The Morgan fingerprint density at radius 1 is 1.50 bits per heavy atom. The van der Waals surface area contributed by atoms with E-state index in [1.807, 2.05) is 6.07 Å². The zero-order valence-corrected chi connectivity index (χ0v) is 11.2. The molecular formula is C11H10N4OS2. The van der Waals surface area contributed by atoms with Crippen molar-refractivity contribution in [3.05, 3.63) is 29.3 Å². The fourth-order valence-electron chi connectivity index (χ4n) is 1.38. The zero-order chi connectivity index (χ0) is 13.0. The van der Waals surface area contributed by atoms with Gasteiger partial charge in [0.15, 0.2) is 4.34 Å². The van der Waals surface area contributed by atoms with Gasteiger partial charge in [-0.3, -0.25) is 0 Å². The molecule has 0 amide bonds. The van der Waals surface area contributed by atoms with Gasteiger partial charge in [0.25, 0.3) is 0 Å². The monoisotopic (exact) mass is 278 g/mol. The number of anilines is 1. The molecule has 0 bridgehead atoms. The second kappa shape index (κ2) is 5.71. The van der Waals surface area contributed by atoms with Gasteiger partial charge in [-0.2, -0.15) is 5.26 Å². The van der Waals surface area contributed by atoms with Crippen LogP contribution in [0.25, 0.3) is 0 Å². The van der Waals surface area contributed by atoms with E-state index in [0.29, 0.717) is 16.4 Å². The average molecular weight is 278 g/mol. The second-order valence-electron chi connectivity index (χ2n) is 3.33. The molecule has 1 aromatic carbocycles. The Balaban J connectivity index is 2.15. The summed E-state index contributed by atoms with van der Waals surface area (Å²) < 4.78 is 6.06. The lowest BCUT2D eigenvalue weighted by atomic mass is 10.1. The van der Waals surface area contributed by atoms with Crippen LogP contribution in [0.4, 0.5) is 5.13 Å². The quantitative estimate of drug-likeness (QED) is 0.864. The van der Waals surface area contributed by atoms with Crippen LogP contribution in [0.2, 0.25) is 0 Å². The SMILES string of the molecule is COc1ccc(C#N)cc1CSc1nnc(N)s1. The van der Waals surface area contributed by atoms with Crippen LogP contribution in [0.3, 0.4) is 0 Å². The highest BCUT2D eigenvalue weighted by atomic mass is 32.2. The number of nitriles is 1. The highest BCUT2D eigenvalue weighted by Gasteiger charge is 2.07. The number of methoxy groups -OCH3 is 1. The molecule has 2 N–H and O–H groups in total. The summed E-state index contributed by atoms with van der Waals surface area (Å²) in [6, 6.07) is 7.45. The van der Waals surface area contributed by atoms with Crippen molar-refractivity contribution in [1.29, 1.82) is 5.26 Å². The van der Waals surface area contributed by atoms with E-state index in [0.717, 1.165) is 15.7 Å². The van der Waals surface area contributed by atoms with Crippen LogP contribution in [-0.4, -0.2) is 17.3 Å². The first kappa shape index (κ1) is 12.7. The Morgan fingerprint density at radius 3 is 2.94 bits per heavy atom. The molecule has 92 valence electrons. The maximum Gasteiger partial charge on any atom is 0.203 e. The Hall–Kier alpha value is -1.78. The lowest BCUT2D eigenvalue weighted by Crippen LogP contribution is -1.91. The van der Waals surface area contributed by atoms with Crippen LogP contribution in [-0.2, 0) is 5.75 Å². The van der Waals surface area contributed by atoms with E-state index < -0.39 is 0 Å². The van der Waals surface area contributed by atoms with Crippen molar-refractivity contribution in [2.75, 3.05) is 12.8 Å². The Morgan fingerprint density at radius 2 is 2.33 bits per heavy atom. The molecule has 0 unspecified atom stereocenters. The predicted octanol–water partition coefficient (Wildman–Crippen LogP) is 2.29. The maximum atomic E-state index is 8.88. The van der Waals surface area contributed by atoms with Crippen molar-refractivity contribution in [2.24, 2.45) is 0 Å². The van der Waals surface area contributed by atoms with Crippen molar-refractivity contribution < 1.29 is 4.74 Å². The lowest BCUT2D eigenvalue weighted by Gasteiger charge is -2.07. The van der Waals surface area contributed by atoms with Gasteiger partial charge in [-0.25, -0.2) is 0 Å². The summed E-state index contributed by atoms with van der Waals surface area (Å²) in [6.45, 7) is 0. The molecule has 7 heteroatoms. The van der Waals surface area contributed by atoms with Crippen LogP contribution in [0.15, 0.2) is 22.5 Å². The van der Waals surface area contributed by atoms with Crippen molar-refractivity contribution >= 4 is 28.2 Å². The molecule has 2 rings (SSSR count). The van der Waals surface area contributed by atoms with E-state index >= 15 is 0 Å². The third-order valence-electron chi connectivity index (χ3n) is 2.18.